The average Bonchev–Trinajstić information content (AvgIpc) is 1.67. The third-order valence-corrected chi connectivity index (χ3v) is 1.25. The Balaban J connectivity index is 0. The highest BCUT2D eigenvalue weighted by Gasteiger charge is 2.13. The van der Waals surface area contributed by atoms with Crippen LogP contribution in [-0.4, -0.2) is 17.4 Å². The summed E-state index contributed by atoms with van der Waals surface area (Å²) in [6.45, 7) is 6.52. The Morgan fingerprint density at radius 3 is 2.00 bits per heavy atom. The van der Waals surface area contributed by atoms with Gasteiger partial charge in [0.1, 0.15) is 5.72 Å². The lowest BCUT2D eigenvalue weighted by Crippen LogP contribution is -2.41. The van der Waals surface area contributed by atoms with Crippen LogP contribution in [0.3, 0.4) is 0 Å². The summed E-state index contributed by atoms with van der Waals surface area (Å²) >= 11 is 0. The van der Waals surface area contributed by atoms with Gasteiger partial charge in [-0.25, -0.2) is 0 Å². The van der Waals surface area contributed by atoms with E-state index >= 15 is 0 Å². The van der Waals surface area contributed by atoms with E-state index in [1.54, 1.807) is 6.92 Å². The van der Waals surface area contributed by atoms with Crippen LogP contribution < -0.4 is 5.32 Å². The van der Waals surface area contributed by atoms with Gasteiger partial charge in [0.15, 0.2) is 0 Å². The predicted molar refractivity (Wildman–Crippen MR) is 45.0 cm³/mol. The van der Waals surface area contributed by atoms with Gasteiger partial charge < -0.3 is 5.11 Å². The molecule has 0 rings (SSSR count). The highest BCUT2D eigenvalue weighted by atomic mass is 32.1. The van der Waals surface area contributed by atoms with Crippen LogP contribution in [0.2, 0.25) is 0 Å². The number of hydrogen-bond donors (Lipinski definition) is 2. The highest BCUT2D eigenvalue weighted by Crippen LogP contribution is 2.00. The summed E-state index contributed by atoms with van der Waals surface area (Å²) in [4.78, 5) is 0. The molecule has 0 saturated carbocycles. The van der Waals surface area contributed by atoms with Gasteiger partial charge >= 0.3 is 0 Å². The molecule has 3 heteroatoms. The first-order valence-electron chi connectivity index (χ1n) is 3.09. The van der Waals surface area contributed by atoms with Crippen molar-refractivity contribution in [3.8, 4) is 0 Å². The Hall–Kier alpha value is 0.270. The molecule has 1 atom stereocenters. The fourth-order valence-electron chi connectivity index (χ4n) is 0.506. The van der Waals surface area contributed by atoms with E-state index in [9.17, 15) is 5.11 Å². The maximum atomic E-state index is 9.21. The smallest absolute Gasteiger partial charge is 0.112 e. The first-order valence-corrected chi connectivity index (χ1v) is 3.09. The summed E-state index contributed by atoms with van der Waals surface area (Å²) in [6.07, 6.45) is 0.751. The van der Waals surface area contributed by atoms with Gasteiger partial charge in [-0.05, 0) is 19.9 Å². The Kier molecular flexibility index (Phi) is 6.78. The molecule has 0 aromatic heterocycles. The van der Waals surface area contributed by atoms with Crippen LogP contribution in [0, 0.1) is 0 Å². The molecule has 0 bridgehead atoms. The lowest BCUT2D eigenvalue weighted by atomic mass is 10.2. The van der Waals surface area contributed by atoms with Gasteiger partial charge in [0.2, 0.25) is 0 Å². The number of nitrogens with one attached hydrogen (secondary N) is 1. The van der Waals surface area contributed by atoms with E-state index in [0.29, 0.717) is 0 Å². The molecule has 9 heavy (non-hydrogen) atoms. The Morgan fingerprint density at radius 1 is 1.44 bits per heavy atom. The first kappa shape index (κ1) is 12.0. The minimum absolute atomic E-state index is 0. The van der Waals surface area contributed by atoms with Gasteiger partial charge in [0.05, 0.1) is 0 Å². The largest absolute Gasteiger partial charge is 0.376 e. The molecular formula is C6H17NOS. The van der Waals surface area contributed by atoms with E-state index in [1.165, 1.54) is 0 Å². The average molecular weight is 151 g/mol. The minimum Gasteiger partial charge on any atom is -0.376 e. The fraction of sp³-hybridized carbons (Fsp3) is 1.00. The van der Waals surface area contributed by atoms with Crippen LogP contribution in [0.5, 0.6) is 0 Å². The van der Waals surface area contributed by atoms with Crippen molar-refractivity contribution in [2.24, 2.45) is 0 Å². The molecule has 1 unspecified atom stereocenters. The summed E-state index contributed by atoms with van der Waals surface area (Å²) in [6, 6.07) is 0. The van der Waals surface area contributed by atoms with E-state index in [4.69, 9.17) is 0 Å². The summed E-state index contributed by atoms with van der Waals surface area (Å²) in [5.41, 5.74) is -0.658. The van der Waals surface area contributed by atoms with Crippen LogP contribution in [-0.2, 0) is 0 Å². The fourth-order valence-corrected chi connectivity index (χ4v) is 0.506. The van der Waals surface area contributed by atoms with E-state index in [-0.39, 0.29) is 13.5 Å². The second-order valence-electron chi connectivity index (χ2n) is 2.16. The number of aliphatic hydroxyl groups is 1. The molecule has 0 aromatic rings. The Labute approximate surface area is 64.1 Å². The van der Waals surface area contributed by atoms with Gasteiger partial charge in [-0.15, -0.1) is 0 Å². The number of hydrogen-bond acceptors (Lipinski definition) is 2. The summed E-state index contributed by atoms with van der Waals surface area (Å²) in [7, 11) is 0. The molecule has 0 aliphatic rings. The maximum Gasteiger partial charge on any atom is 0.112 e. The van der Waals surface area contributed by atoms with Crippen LogP contribution in [0.4, 0.5) is 0 Å². The molecule has 0 aliphatic heterocycles. The molecule has 0 amide bonds. The molecular weight excluding hydrogens is 134 g/mol. The van der Waals surface area contributed by atoms with Crippen LogP contribution in [0.1, 0.15) is 27.2 Å². The third kappa shape index (κ3) is 6.15. The molecule has 0 aliphatic carbocycles. The second-order valence-corrected chi connectivity index (χ2v) is 2.16. The zero-order valence-corrected chi connectivity index (χ0v) is 7.36. The molecule has 58 valence electrons. The zero-order chi connectivity index (χ0) is 6.62. The monoisotopic (exact) mass is 151 g/mol. The first-order chi connectivity index (χ1) is 3.62. The van der Waals surface area contributed by atoms with Gasteiger partial charge in [-0.3, -0.25) is 5.32 Å². The van der Waals surface area contributed by atoms with Crippen molar-refractivity contribution < 1.29 is 5.11 Å². The molecule has 2 N–H and O–H groups in total. The normalized spacial score (nSPS) is 16.0. The molecule has 0 saturated heterocycles. The molecule has 0 spiro atoms. The van der Waals surface area contributed by atoms with Crippen molar-refractivity contribution in [2.45, 2.75) is 32.9 Å². The van der Waals surface area contributed by atoms with Gasteiger partial charge in [-0.1, -0.05) is 13.8 Å². The van der Waals surface area contributed by atoms with Gasteiger partial charge in [0.25, 0.3) is 0 Å². The lowest BCUT2D eigenvalue weighted by molar-refractivity contribution is 0.0223. The SMILES string of the molecule is CCNC(C)(O)CC.S. The molecule has 0 heterocycles. The van der Waals surface area contributed by atoms with Crippen LogP contribution in [0.25, 0.3) is 0 Å². The van der Waals surface area contributed by atoms with Crippen molar-refractivity contribution in [3.63, 3.8) is 0 Å². The lowest BCUT2D eigenvalue weighted by Gasteiger charge is -2.21. The molecule has 2 nitrogen and oxygen atoms in total. The predicted octanol–water partition coefficient (Wildman–Crippen LogP) is 0.827. The van der Waals surface area contributed by atoms with E-state index < -0.39 is 5.72 Å². The van der Waals surface area contributed by atoms with Crippen molar-refractivity contribution >= 4 is 13.5 Å². The summed E-state index contributed by atoms with van der Waals surface area (Å²) in [5.74, 6) is 0. The third-order valence-electron chi connectivity index (χ3n) is 1.25. The minimum atomic E-state index is -0.658. The van der Waals surface area contributed by atoms with Crippen molar-refractivity contribution in [1.29, 1.82) is 0 Å². The topological polar surface area (TPSA) is 32.3 Å². The zero-order valence-electron chi connectivity index (χ0n) is 6.36. The van der Waals surface area contributed by atoms with Crippen LogP contribution in [0.15, 0.2) is 0 Å². The number of rotatable bonds is 3. The van der Waals surface area contributed by atoms with E-state index in [0.717, 1.165) is 13.0 Å². The molecule has 0 radical (unpaired) electrons. The van der Waals surface area contributed by atoms with E-state index in [1.807, 2.05) is 13.8 Å². The Morgan fingerprint density at radius 2 is 1.89 bits per heavy atom. The second kappa shape index (κ2) is 5.09. The Bertz CT molecular complexity index is 66.1. The summed E-state index contributed by atoms with van der Waals surface area (Å²) in [5, 5.41) is 12.1. The van der Waals surface area contributed by atoms with Crippen molar-refractivity contribution in [2.75, 3.05) is 6.54 Å². The van der Waals surface area contributed by atoms with Crippen molar-refractivity contribution in [1.82, 2.24) is 5.32 Å². The highest BCUT2D eigenvalue weighted by molar-refractivity contribution is 7.59. The van der Waals surface area contributed by atoms with Crippen molar-refractivity contribution in [3.05, 3.63) is 0 Å². The van der Waals surface area contributed by atoms with E-state index in [2.05, 4.69) is 5.32 Å². The maximum absolute atomic E-state index is 9.21. The van der Waals surface area contributed by atoms with Gasteiger partial charge in [-0.2, -0.15) is 13.5 Å². The van der Waals surface area contributed by atoms with Gasteiger partial charge in [0, 0.05) is 0 Å². The molecule has 0 aromatic carbocycles. The molecule has 0 fully saturated rings. The summed E-state index contributed by atoms with van der Waals surface area (Å²) < 4.78 is 0. The quantitative estimate of drug-likeness (QED) is 0.586. The van der Waals surface area contributed by atoms with Crippen LogP contribution >= 0.6 is 13.5 Å². The standard InChI is InChI=1S/C6H15NO.H2S/c1-4-6(3,8)7-5-2;/h7-8H,4-5H2,1-3H3;1H2.